The predicted molar refractivity (Wildman–Crippen MR) is 89.1 cm³/mol. The van der Waals surface area contributed by atoms with E-state index < -0.39 is 5.82 Å². The fourth-order valence-corrected chi connectivity index (χ4v) is 5.20. The number of rotatable bonds is 1. The van der Waals surface area contributed by atoms with Crippen molar-refractivity contribution in [1.82, 2.24) is 9.36 Å². The molecule has 0 N–H and O–H groups in total. The maximum absolute atomic E-state index is 13.3. The van der Waals surface area contributed by atoms with Crippen molar-refractivity contribution in [3.63, 3.8) is 0 Å². The van der Waals surface area contributed by atoms with Crippen LogP contribution >= 0.6 is 11.6 Å². The Morgan fingerprint density at radius 3 is 2.61 bits per heavy atom. The molecule has 2 aliphatic rings. The number of hydrogen-bond donors (Lipinski definition) is 0. The van der Waals surface area contributed by atoms with E-state index in [9.17, 15) is 9.18 Å². The van der Waals surface area contributed by atoms with Gasteiger partial charge >= 0.3 is 0 Å². The maximum atomic E-state index is 13.3. The molecule has 3 nitrogen and oxygen atoms in total. The highest BCUT2D eigenvalue weighted by Gasteiger charge is 2.62. The van der Waals surface area contributed by atoms with Gasteiger partial charge in [0.05, 0.1) is 16.4 Å². The Balaban J connectivity index is 2.03. The number of fused-ring (bicyclic) bond motifs is 5. The van der Waals surface area contributed by atoms with E-state index in [1.807, 2.05) is 11.7 Å². The van der Waals surface area contributed by atoms with Crippen molar-refractivity contribution >= 4 is 11.6 Å². The second-order valence-corrected chi connectivity index (χ2v) is 8.05. The molecule has 1 saturated carbocycles. The Bertz CT molecular complexity index is 895. The van der Waals surface area contributed by atoms with E-state index >= 15 is 0 Å². The first-order chi connectivity index (χ1) is 10.7. The first-order valence-corrected chi connectivity index (χ1v) is 8.36. The Labute approximate surface area is 139 Å². The Kier molecular flexibility index (Phi) is 2.80. The standard InChI is InChI=1S/C18H20ClFN2O/c1-17(2)11-7-8-18(17,3)15-14(11)16(23)22(21(15)4)13-6-5-10(20)9-12(13)19/h5-6,9,11H,7-8H2,1-4H3. The van der Waals surface area contributed by atoms with Crippen molar-refractivity contribution in [1.29, 1.82) is 0 Å². The Morgan fingerprint density at radius 1 is 1.30 bits per heavy atom. The highest BCUT2D eigenvalue weighted by atomic mass is 35.5. The molecule has 1 aromatic carbocycles. The first-order valence-electron chi connectivity index (χ1n) is 7.98. The molecule has 1 aromatic heterocycles. The normalized spacial score (nSPS) is 27.5. The zero-order valence-corrected chi connectivity index (χ0v) is 14.5. The first kappa shape index (κ1) is 15.0. The molecule has 1 fully saturated rings. The third-order valence-corrected chi connectivity index (χ3v) is 6.84. The van der Waals surface area contributed by atoms with E-state index in [1.54, 1.807) is 10.7 Å². The molecule has 0 saturated heterocycles. The zero-order chi connectivity index (χ0) is 16.7. The molecule has 2 atom stereocenters. The van der Waals surface area contributed by atoms with Gasteiger partial charge in [-0.1, -0.05) is 32.4 Å². The predicted octanol–water partition coefficient (Wildman–Crippen LogP) is 4.14. The monoisotopic (exact) mass is 334 g/mol. The summed E-state index contributed by atoms with van der Waals surface area (Å²) in [5.41, 5.74) is 2.63. The molecule has 2 bridgehead atoms. The molecule has 122 valence electrons. The minimum atomic E-state index is -0.401. The van der Waals surface area contributed by atoms with Crippen LogP contribution in [0.2, 0.25) is 5.02 Å². The van der Waals surface area contributed by atoms with E-state index in [-0.39, 0.29) is 27.3 Å². The third kappa shape index (κ3) is 1.58. The third-order valence-electron chi connectivity index (χ3n) is 6.54. The summed E-state index contributed by atoms with van der Waals surface area (Å²) in [5.74, 6) is -0.122. The van der Waals surface area contributed by atoms with Crippen LogP contribution < -0.4 is 5.56 Å². The molecule has 5 heteroatoms. The summed E-state index contributed by atoms with van der Waals surface area (Å²) in [6.45, 7) is 6.79. The lowest BCUT2D eigenvalue weighted by Crippen LogP contribution is -2.35. The van der Waals surface area contributed by atoms with Crippen LogP contribution in [0.25, 0.3) is 5.69 Å². The van der Waals surface area contributed by atoms with E-state index in [1.165, 1.54) is 12.1 Å². The summed E-state index contributed by atoms with van der Waals surface area (Å²) in [5, 5.41) is 0.253. The second kappa shape index (κ2) is 4.29. The maximum Gasteiger partial charge on any atom is 0.275 e. The van der Waals surface area contributed by atoms with Gasteiger partial charge in [-0.25, -0.2) is 9.07 Å². The SMILES string of the molecule is Cn1c2c(c(=O)n1-c1ccc(F)cc1Cl)C1CCC2(C)C1(C)C. The molecule has 0 radical (unpaired) electrons. The zero-order valence-electron chi connectivity index (χ0n) is 13.8. The van der Waals surface area contributed by atoms with E-state index in [0.29, 0.717) is 5.69 Å². The van der Waals surface area contributed by atoms with Crippen LogP contribution in [-0.4, -0.2) is 9.36 Å². The van der Waals surface area contributed by atoms with Crippen LogP contribution in [0.4, 0.5) is 4.39 Å². The fourth-order valence-electron chi connectivity index (χ4n) is 4.95. The summed E-state index contributed by atoms with van der Waals surface area (Å²) in [6.07, 6.45) is 2.14. The minimum absolute atomic E-state index is 0.0152. The second-order valence-electron chi connectivity index (χ2n) is 7.64. The number of aromatic nitrogens is 2. The quantitative estimate of drug-likeness (QED) is 0.770. The molecular formula is C18H20ClFN2O. The molecule has 2 aromatic rings. The highest BCUT2D eigenvalue weighted by molar-refractivity contribution is 6.32. The lowest BCUT2D eigenvalue weighted by atomic mass is 9.70. The van der Waals surface area contributed by atoms with Crippen molar-refractivity contribution in [2.45, 2.75) is 44.9 Å². The van der Waals surface area contributed by atoms with Crippen LogP contribution in [0.15, 0.2) is 23.0 Å². The van der Waals surface area contributed by atoms with E-state index in [4.69, 9.17) is 11.6 Å². The average molecular weight is 335 g/mol. The summed E-state index contributed by atoms with van der Waals surface area (Å²) < 4.78 is 16.9. The summed E-state index contributed by atoms with van der Waals surface area (Å²) >= 11 is 6.20. The lowest BCUT2D eigenvalue weighted by molar-refractivity contribution is 0.218. The van der Waals surface area contributed by atoms with Gasteiger partial charge in [0, 0.05) is 18.0 Å². The smallest absolute Gasteiger partial charge is 0.275 e. The van der Waals surface area contributed by atoms with Gasteiger partial charge in [0.1, 0.15) is 5.82 Å². The molecule has 0 aliphatic heterocycles. The molecule has 0 spiro atoms. The van der Waals surface area contributed by atoms with Crippen molar-refractivity contribution in [2.24, 2.45) is 12.5 Å². The molecule has 23 heavy (non-hydrogen) atoms. The van der Waals surface area contributed by atoms with E-state index in [0.717, 1.165) is 24.1 Å². The van der Waals surface area contributed by atoms with Crippen molar-refractivity contribution in [3.8, 4) is 5.69 Å². The summed E-state index contributed by atoms with van der Waals surface area (Å²) in [6, 6.07) is 4.16. The lowest BCUT2D eigenvalue weighted by Gasteiger charge is -2.36. The van der Waals surface area contributed by atoms with Gasteiger partial charge in [-0.15, -0.1) is 0 Å². The van der Waals surface area contributed by atoms with Gasteiger partial charge < -0.3 is 0 Å². The van der Waals surface area contributed by atoms with Gasteiger partial charge in [-0.05, 0) is 42.4 Å². The largest absolute Gasteiger partial charge is 0.284 e. The number of benzene rings is 1. The summed E-state index contributed by atoms with van der Waals surface area (Å²) in [7, 11) is 1.90. The van der Waals surface area contributed by atoms with Gasteiger partial charge in [0.15, 0.2) is 0 Å². The van der Waals surface area contributed by atoms with Crippen LogP contribution in [0, 0.1) is 11.2 Å². The molecule has 2 unspecified atom stereocenters. The number of nitrogens with zero attached hydrogens (tertiary/aromatic N) is 2. The average Bonchev–Trinajstić information content (AvgIpc) is 2.92. The van der Waals surface area contributed by atoms with Gasteiger partial charge in [-0.2, -0.15) is 0 Å². The molecule has 4 rings (SSSR count). The molecular weight excluding hydrogens is 315 g/mol. The molecule has 2 aliphatic carbocycles. The van der Waals surface area contributed by atoms with Crippen molar-refractivity contribution in [3.05, 3.63) is 50.7 Å². The molecule has 0 amide bonds. The summed E-state index contributed by atoms with van der Waals surface area (Å²) in [4.78, 5) is 13.1. The van der Waals surface area contributed by atoms with Crippen LogP contribution in [-0.2, 0) is 12.5 Å². The van der Waals surface area contributed by atoms with Crippen molar-refractivity contribution in [2.75, 3.05) is 0 Å². The Hall–Kier alpha value is -1.55. The topological polar surface area (TPSA) is 26.9 Å². The van der Waals surface area contributed by atoms with Gasteiger partial charge in [0.25, 0.3) is 5.56 Å². The van der Waals surface area contributed by atoms with Gasteiger partial charge in [0.2, 0.25) is 0 Å². The fraction of sp³-hybridized carbons (Fsp3) is 0.500. The van der Waals surface area contributed by atoms with Gasteiger partial charge in [-0.3, -0.25) is 9.48 Å². The van der Waals surface area contributed by atoms with Crippen molar-refractivity contribution < 1.29 is 4.39 Å². The molecule has 1 heterocycles. The van der Waals surface area contributed by atoms with E-state index in [2.05, 4.69) is 20.8 Å². The number of halogens is 2. The Morgan fingerprint density at radius 2 is 2.00 bits per heavy atom. The minimum Gasteiger partial charge on any atom is -0.284 e. The highest BCUT2D eigenvalue weighted by Crippen LogP contribution is 2.66. The van der Waals surface area contributed by atoms with Crippen LogP contribution in [0.1, 0.15) is 50.8 Å². The van der Waals surface area contributed by atoms with Crippen LogP contribution in [0.3, 0.4) is 0 Å². The number of hydrogen-bond acceptors (Lipinski definition) is 1. The van der Waals surface area contributed by atoms with Crippen LogP contribution in [0.5, 0.6) is 0 Å².